The molecule has 1 fully saturated rings. The molecule has 2 aliphatic heterocycles. The van der Waals surface area contributed by atoms with Crippen LogP contribution in [0.5, 0.6) is 17.2 Å². The predicted octanol–water partition coefficient (Wildman–Crippen LogP) is 5.28. The summed E-state index contributed by atoms with van der Waals surface area (Å²) < 4.78 is 46.1. The van der Waals surface area contributed by atoms with Gasteiger partial charge in [-0.2, -0.15) is 0 Å². The zero-order valence-electron chi connectivity index (χ0n) is 26.6. The van der Waals surface area contributed by atoms with Crippen LogP contribution < -0.4 is 14.2 Å². The van der Waals surface area contributed by atoms with Crippen molar-refractivity contribution < 1.29 is 37.8 Å². The zero-order chi connectivity index (χ0) is 32.7. The number of nitrogens with zero attached hydrogens (tertiary/aromatic N) is 2. The van der Waals surface area contributed by atoms with Gasteiger partial charge in [-0.15, -0.1) is 0 Å². The number of hydrogen-bond donors (Lipinski definition) is 2. The minimum Gasteiger partial charge on any atom is -0.493 e. The van der Waals surface area contributed by atoms with Gasteiger partial charge < -0.3 is 24.4 Å². The SMILES string of the molecule is COc1cc(C(=O)CCC(C)(O)c2cc3c(c(-c4ccc(F)cc4)n2)OCC32CCN2S(=O)C(C)(C)C)ccc1OC[C@@H](C)O. The molecule has 1 saturated heterocycles. The normalized spacial score (nSPS) is 20.5. The number of aliphatic hydroxyl groups excluding tert-OH is 1. The summed E-state index contributed by atoms with van der Waals surface area (Å²) in [6, 6.07) is 12.5. The molecule has 1 spiro atoms. The average Bonchev–Trinajstić information content (AvgIpc) is 3.39. The summed E-state index contributed by atoms with van der Waals surface area (Å²) in [4.78, 5) is 18.1. The second-order valence-electron chi connectivity index (χ2n) is 13.0. The molecule has 4 atom stereocenters. The van der Waals surface area contributed by atoms with Crippen molar-refractivity contribution in [2.45, 2.75) is 75.9 Å². The summed E-state index contributed by atoms with van der Waals surface area (Å²) in [5.41, 5.74) is 0.405. The molecule has 3 unspecified atom stereocenters. The maximum Gasteiger partial charge on any atom is 0.163 e. The van der Waals surface area contributed by atoms with E-state index in [1.165, 1.54) is 19.2 Å². The van der Waals surface area contributed by atoms with Gasteiger partial charge in [0.15, 0.2) is 23.0 Å². The van der Waals surface area contributed by atoms with Gasteiger partial charge in [0.05, 0.1) is 29.2 Å². The van der Waals surface area contributed by atoms with Gasteiger partial charge in [0.2, 0.25) is 0 Å². The molecule has 0 saturated carbocycles. The summed E-state index contributed by atoms with van der Waals surface area (Å²) in [5.74, 6) is 0.699. The zero-order valence-corrected chi connectivity index (χ0v) is 27.4. The number of hydrogen-bond acceptors (Lipinski definition) is 8. The molecule has 3 aromatic rings. The molecule has 2 aromatic carbocycles. The number of halogens is 1. The van der Waals surface area contributed by atoms with E-state index in [1.54, 1.807) is 44.2 Å². The van der Waals surface area contributed by atoms with Gasteiger partial charge in [0.1, 0.15) is 41.3 Å². The quantitative estimate of drug-likeness (QED) is 0.272. The first-order valence-electron chi connectivity index (χ1n) is 15.0. The summed E-state index contributed by atoms with van der Waals surface area (Å²) in [6.45, 7) is 10.0. The van der Waals surface area contributed by atoms with Crippen LogP contribution in [-0.4, -0.2) is 67.2 Å². The van der Waals surface area contributed by atoms with Crippen LogP contribution in [0.4, 0.5) is 4.39 Å². The van der Waals surface area contributed by atoms with Crippen molar-refractivity contribution in [2.24, 2.45) is 0 Å². The monoisotopic (exact) mass is 640 g/mol. The van der Waals surface area contributed by atoms with E-state index in [1.807, 2.05) is 31.1 Å². The van der Waals surface area contributed by atoms with Crippen LogP contribution in [0.1, 0.15) is 75.5 Å². The minimum atomic E-state index is -1.52. The molecule has 0 amide bonds. The van der Waals surface area contributed by atoms with E-state index >= 15 is 0 Å². The summed E-state index contributed by atoms with van der Waals surface area (Å²) >= 11 is 0. The molecule has 5 rings (SSSR count). The number of Topliss-reactive ketones (excluding diaryl/α,β-unsaturated/α-hetero) is 1. The number of ether oxygens (including phenoxy) is 3. The number of pyridine rings is 1. The second kappa shape index (κ2) is 12.4. The van der Waals surface area contributed by atoms with E-state index in [0.717, 1.165) is 5.56 Å². The Morgan fingerprint density at radius 2 is 1.87 bits per heavy atom. The van der Waals surface area contributed by atoms with Crippen molar-refractivity contribution in [3.63, 3.8) is 0 Å². The summed E-state index contributed by atoms with van der Waals surface area (Å²) in [5, 5.41) is 21.3. The van der Waals surface area contributed by atoms with Crippen LogP contribution in [0.3, 0.4) is 0 Å². The average molecular weight is 641 g/mol. The fourth-order valence-corrected chi connectivity index (χ4v) is 7.11. The van der Waals surface area contributed by atoms with Crippen molar-refractivity contribution in [3.05, 3.63) is 71.2 Å². The van der Waals surface area contributed by atoms with Crippen LogP contribution >= 0.6 is 0 Å². The van der Waals surface area contributed by atoms with Gasteiger partial charge in [0.25, 0.3) is 0 Å². The highest BCUT2D eigenvalue weighted by Gasteiger charge is 2.57. The van der Waals surface area contributed by atoms with Crippen LogP contribution in [0.25, 0.3) is 11.3 Å². The van der Waals surface area contributed by atoms with Crippen molar-refractivity contribution in [2.75, 3.05) is 26.9 Å². The number of ketones is 1. The fraction of sp³-hybridized carbons (Fsp3) is 0.471. The smallest absolute Gasteiger partial charge is 0.163 e. The van der Waals surface area contributed by atoms with E-state index in [4.69, 9.17) is 19.2 Å². The van der Waals surface area contributed by atoms with Crippen molar-refractivity contribution in [1.82, 2.24) is 9.29 Å². The number of benzene rings is 2. The van der Waals surface area contributed by atoms with Gasteiger partial charge in [-0.25, -0.2) is 17.9 Å². The minimum absolute atomic E-state index is 0.0104. The van der Waals surface area contributed by atoms with Crippen LogP contribution in [0.15, 0.2) is 48.5 Å². The lowest BCUT2D eigenvalue weighted by Crippen LogP contribution is -2.61. The molecule has 0 bridgehead atoms. The maximum absolute atomic E-state index is 13.9. The number of aromatic nitrogens is 1. The van der Waals surface area contributed by atoms with E-state index in [-0.39, 0.29) is 37.7 Å². The molecule has 11 heteroatoms. The Bertz CT molecular complexity index is 1600. The highest BCUT2D eigenvalue weighted by molar-refractivity contribution is 7.84. The molecular weight excluding hydrogens is 599 g/mol. The fourth-order valence-electron chi connectivity index (χ4n) is 5.63. The highest BCUT2D eigenvalue weighted by atomic mass is 32.2. The Kier molecular flexibility index (Phi) is 9.12. The van der Waals surface area contributed by atoms with Crippen LogP contribution in [0.2, 0.25) is 0 Å². The lowest BCUT2D eigenvalue weighted by atomic mass is 9.80. The second-order valence-corrected chi connectivity index (χ2v) is 15.2. The van der Waals surface area contributed by atoms with E-state index in [2.05, 4.69) is 0 Å². The Labute approximate surface area is 265 Å². The number of methoxy groups -OCH3 is 1. The van der Waals surface area contributed by atoms with E-state index in [9.17, 15) is 23.6 Å². The Hall–Kier alpha value is -3.38. The molecule has 3 heterocycles. The van der Waals surface area contributed by atoms with Gasteiger partial charge >= 0.3 is 0 Å². The first-order valence-corrected chi connectivity index (χ1v) is 16.2. The third kappa shape index (κ3) is 6.49. The Morgan fingerprint density at radius 1 is 1.16 bits per heavy atom. The third-order valence-corrected chi connectivity index (χ3v) is 10.3. The van der Waals surface area contributed by atoms with Crippen LogP contribution in [-0.2, 0) is 22.1 Å². The van der Waals surface area contributed by atoms with E-state index in [0.29, 0.717) is 52.7 Å². The Balaban J connectivity index is 1.46. The molecule has 0 radical (unpaired) electrons. The molecule has 9 nitrogen and oxygen atoms in total. The first-order chi connectivity index (χ1) is 21.2. The van der Waals surface area contributed by atoms with Gasteiger partial charge in [-0.05, 0) is 96.0 Å². The molecule has 2 N–H and O–H groups in total. The largest absolute Gasteiger partial charge is 0.493 e. The molecule has 2 aliphatic rings. The summed E-state index contributed by atoms with van der Waals surface area (Å²) in [6.07, 6.45) is 0.127. The topological polar surface area (TPSA) is 118 Å². The maximum atomic E-state index is 13.9. The summed E-state index contributed by atoms with van der Waals surface area (Å²) in [7, 11) is 0.162. The lowest BCUT2D eigenvalue weighted by molar-refractivity contribution is 0.0379. The van der Waals surface area contributed by atoms with Crippen LogP contribution in [0, 0.1) is 5.82 Å². The molecular formula is C34H41FN2O7S. The van der Waals surface area contributed by atoms with Gasteiger partial charge in [-0.1, -0.05) is 0 Å². The standard InChI is InChI=1S/C34H41FN2O7S/c1-21(38)19-43-27-12-9-23(17-28(27)42-6)26(39)13-14-33(5,40)29-18-25-31(30(36-29)22-7-10-24(35)11-8-22)44-20-34(25)15-16-37(34)45(41)32(2,3)4/h7-12,17-18,21,38,40H,13-16,19-20H2,1-6H3/t21-,33?,34?,45?/m1/s1. The molecule has 45 heavy (non-hydrogen) atoms. The van der Waals surface area contributed by atoms with Crippen molar-refractivity contribution in [1.29, 1.82) is 0 Å². The highest BCUT2D eigenvalue weighted by Crippen LogP contribution is 2.54. The molecule has 1 aromatic heterocycles. The van der Waals surface area contributed by atoms with Crippen molar-refractivity contribution >= 4 is 16.8 Å². The van der Waals surface area contributed by atoms with E-state index < -0.39 is 33.0 Å². The first kappa shape index (κ1) is 33.0. The van der Waals surface area contributed by atoms with Crippen molar-refractivity contribution in [3.8, 4) is 28.5 Å². The number of carbonyl (C=O) groups is 1. The third-order valence-electron chi connectivity index (χ3n) is 8.33. The molecule has 242 valence electrons. The number of aliphatic hydroxyl groups is 2. The molecule has 0 aliphatic carbocycles. The van der Waals surface area contributed by atoms with Gasteiger partial charge in [-0.3, -0.25) is 4.79 Å². The number of carbonyl (C=O) groups excluding carboxylic acids is 1. The number of rotatable bonds is 11. The predicted molar refractivity (Wildman–Crippen MR) is 169 cm³/mol. The lowest BCUT2D eigenvalue weighted by Gasteiger charge is -2.50. The Morgan fingerprint density at radius 3 is 2.47 bits per heavy atom. The number of fused-ring (bicyclic) bond motifs is 2. The van der Waals surface area contributed by atoms with Gasteiger partial charge in [0, 0.05) is 29.7 Å².